The second-order valence-electron chi connectivity index (χ2n) is 13.7. The molecule has 5 rings (SSSR count). The first-order valence-electron chi connectivity index (χ1n) is 18.3. The number of carbonyl (C=O) groups is 2. The number of hydrogen-bond donors (Lipinski definition) is 4. The average molecular weight is 787 g/mol. The molecule has 0 bridgehead atoms. The van der Waals surface area contributed by atoms with Gasteiger partial charge in [0, 0.05) is 55.8 Å². The van der Waals surface area contributed by atoms with E-state index in [-0.39, 0.29) is 24.8 Å². The van der Waals surface area contributed by atoms with Gasteiger partial charge in [0.05, 0.1) is 30.9 Å². The van der Waals surface area contributed by atoms with Crippen molar-refractivity contribution in [1.29, 1.82) is 5.26 Å². The number of aromatic nitrogens is 1. The van der Waals surface area contributed by atoms with E-state index in [9.17, 15) is 30.2 Å². The Labute approximate surface area is 331 Å². The summed E-state index contributed by atoms with van der Waals surface area (Å²) in [5.41, 5.74) is 5.21. The predicted octanol–water partition coefficient (Wildman–Crippen LogP) is 5.35. The molecule has 13 nitrogen and oxygen atoms in total. The minimum atomic E-state index is -1.40. The molecule has 1 aliphatic heterocycles. The maximum atomic E-state index is 11.9. The standard InChI is InChI=1S/C42H47ClN4O9/c1-27-31(7-4-8-33(27)34-9-5-10-37(28(34)2)54-16-6-13-47-14-11-42(52,12-15-47)41(51)53-3)26-56-39-19-38(55-25-30-17-29(20-44)21-45-22-30)32(18-35(39)43)23-46-36(24-48)40(49)50/h4-5,7-10,17-19,21-22,36,46,48,52H,6,11-16,23-26H2,1-3H3,(H,49,50)/t36-/m1/s1. The first-order valence-corrected chi connectivity index (χ1v) is 18.7. The summed E-state index contributed by atoms with van der Waals surface area (Å²) < 4.78 is 23.4. The summed E-state index contributed by atoms with van der Waals surface area (Å²) in [5, 5.41) is 41.8. The number of halogens is 1. The number of aliphatic hydroxyl groups is 2. The van der Waals surface area contributed by atoms with E-state index < -0.39 is 30.2 Å². The largest absolute Gasteiger partial charge is 0.493 e. The lowest BCUT2D eigenvalue weighted by molar-refractivity contribution is -0.167. The fraction of sp³-hybridized carbons (Fsp3) is 0.381. The molecule has 1 saturated heterocycles. The quantitative estimate of drug-likeness (QED) is 0.0749. The molecule has 296 valence electrons. The lowest BCUT2D eigenvalue weighted by Crippen LogP contribution is -2.50. The van der Waals surface area contributed by atoms with Gasteiger partial charge in [-0.05, 0) is 79.1 Å². The van der Waals surface area contributed by atoms with Crippen molar-refractivity contribution < 1.29 is 43.9 Å². The van der Waals surface area contributed by atoms with Gasteiger partial charge >= 0.3 is 11.9 Å². The predicted molar refractivity (Wildman–Crippen MR) is 209 cm³/mol. The Morgan fingerprint density at radius 2 is 1.68 bits per heavy atom. The van der Waals surface area contributed by atoms with Crippen molar-refractivity contribution in [1.82, 2.24) is 15.2 Å². The van der Waals surface area contributed by atoms with E-state index in [2.05, 4.69) is 33.4 Å². The number of methoxy groups -OCH3 is 1. The SMILES string of the molecule is COC(=O)C1(O)CCN(CCCOc2cccc(-c3cccc(COc4cc(OCc5cncc(C#N)c5)c(CN[C@H](CO)C(=O)O)cc4Cl)c3C)c2C)CC1. The lowest BCUT2D eigenvalue weighted by Gasteiger charge is -2.36. The monoisotopic (exact) mass is 786 g/mol. The number of carboxylic acid groups (broad SMARTS) is 1. The summed E-state index contributed by atoms with van der Waals surface area (Å²) in [6.07, 6.45) is 4.52. The highest BCUT2D eigenvalue weighted by atomic mass is 35.5. The topological polar surface area (TPSA) is 184 Å². The third kappa shape index (κ3) is 10.5. The van der Waals surface area contributed by atoms with Crippen LogP contribution in [0.5, 0.6) is 17.2 Å². The van der Waals surface area contributed by atoms with Crippen LogP contribution in [0.15, 0.2) is 67.0 Å². The van der Waals surface area contributed by atoms with E-state index in [1.165, 1.54) is 13.3 Å². The van der Waals surface area contributed by atoms with Crippen molar-refractivity contribution in [2.24, 2.45) is 0 Å². The molecule has 1 fully saturated rings. The van der Waals surface area contributed by atoms with Gasteiger partial charge in [-0.15, -0.1) is 0 Å². The highest BCUT2D eigenvalue weighted by Crippen LogP contribution is 2.36. The molecule has 0 aliphatic carbocycles. The Morgan fingerprint density at radius 1 is 0.964 bits per heavy atom. The van der Waals surface area contributed by atoms with Gasteiger partial charge in [0.25, 0.3) is 0 Å². The summed E-state index contributed by atoms with van der Waals surface area (Å²) >= 11 is 6.70. The highest BCUT2D eigenvalue weighted by Gasteiger charge is 2.40. The molecule has 1 aliphatic rings. The van der Waals surface area contributed by atoms with Crippen molar-refractivity contribution in [3.05, 3.63) is 105 Å². The fourth-order valence-electron chi connectivity index (χ4n) is 6.57. The maximum absolute atomic E-state index is 11.9. The average Bonchev–Trinajstić information content (AvgIpc) is 3.20. The molecule has 56 heavy (non-hydrogen) atoms. The number of benzene rings is 3. The van der Waals surface area contributed by atoms with Gasteiger partial charge in [-0.25, -0.2) is 4.79 Å². The van der Waals surface area contributed by atoms with Crippen molar-refractivity contribution in [2.75, 3.05) is 40.0 Å². The summed E-state index contributed by atoms with van der Waals surface area (Å²) in [6, 6.07) is 17.8. The zero-order chi connectivity index (χ0) is 40.2. The molecule has 1 atom stereocenters. The first kappa shape index (κ1) is 41.9. The fourth-order valence-corrected chi connectivity index (χ4v) is 6.81. The van der Waals surface area contributed by atoms with Gasteiger partial charge in [0.15, 0.2) is 5.60 Å². The molecular weight excluding hydrogens is 740 g/mol. The van der Waals surface area contributed by atoms with Crippen LogP contribution >= 0.6 is 11.6 Å². The van der Waals surface area contributed by atoms with Gasteiger partial charge in [-0.1, -0.05) is 41.9 Å². The number of nitrogens with one attached hydrogen (secondary N) is 1. The molecule has 0 radical (unpaired) electrons. The molecule has 2 heterocycles. The van der Waals surface area contributed by atoms with E-state index >= 15 is 0 Å². The minimum absolute atomic E-state index is 0.0365. The number of nitrogens with zero attached hydrogens (tertiary/aromatic N) is 3. The van der Waals surface area contributed by atoms with E-state index in [4.69, 9.17) is 30.5 Å². The number of aliphatic hydroxyl groups excluding tert-OH is 1. The van der Waals surface area contributed by atoms with Gasteiger partial charge < -0.3 is 39.2 Å². The number of rotatable bonds is 18. The molecule has 0 spiro atoms. The van der Waals surface area contributed by atoms with Crippen molar-refractivity contribution in [3.8, 4) is 34.4 Å². The van der Waals surface area contributed by atoms with E-state index in [0.29, 0.717) is 60.7 Å². The Hall–Kier alpha value is -5.23. The third-order valence-corrected chi connectivity index (χ3v) is 10.3. The van der Waals surface area contributed by atoms with Gasteiger partial charge in [0.1, 0.15) is 42.6 Å². The molecule has 4 N–H and O–H groups in total. The van der Waals surface area contributed by atoms with Crippen LogP contribution < -0.4 is 19.5 Å². The third-order valence-electron chi connectivity index (χ3n) is 9.98. The molecule has 14 heteroatoms. The normalized spacial score (nSPS) is 14.4. The minimum Gasteiger partial charge on any atom is -0.493 e. The van der Waals surface area contributed by atoms with Crippen LogP contribution in [-0.4, -0.2) is 88.7 Å². The molecular formula is C42H47ClN4O9. The van der Waals surface area contributed by atoms with Gasteiger partial charge in [-0.3, -0.25) is 15.1 Å². The number of aliphatic carboxylic acids is 1. The van der Waals surface area contributed by atoms with Crippen LogP contribution in [0.1, 0.15) is 52.6 Å². The number of nitriles is 1. The number of ether oxygens (including phenoxy) is 4. The zero-order valence-electron chi connectivity index (χ0n) is 31.7. The second kappa shape index (κ2) is 19.6. The Morgan fingerprint density at radius 3 is 2.38 bits per heavy atom. The van der Waals surface area contributed by atoms with Crippen LogP contribution in [0.4, 0.5) is 0 Å². The molecule has 0 saturated carbocycles. The van der Waals surface area contributed by atoms with Gasteiger partial charge in [-0.2, -0.15) is 5.26 Å². The summed E-state index contributed by atoms with van der Waals surface area (Å²) in [7, 11) is 1.29. The molecule has 1 aromatic heterocycles. The van der Waals surface area contributed by atoms with E-state index in [0.717, 1.165) is 46.5 Å². The molecule has 4 aromatic rings. The molecule has 3 aromatic carbocycles. The first-order chi connectivity index (χ1) is 27.0. The number of carbonyl (C=O) groups excluding carboxylic acids is 1. The number of piperidine rings is 1. The Kier molecular flexibility index (Phi) is 14.7. The number of pyridine rings is 1. The van der Waals surface area contributed by atoms with Crippen molar-refractivity contribution >= 4 is 23.5 Å². The number of carboxylic acids is 1. The van der Waals surface area contributed by atoms with Gasteiger partial charge in [0.2, 0.25) is 0 Å². The lowest BCUT2D eigenvalue weighted by atomic mass is 9.91. The number of hydrogen-bond acceptors (Lipinski definition) is 12. The van der Waals surface area contributed by atoms with Crippen molar-refractivity contribution in [3.63, 3.8) is 0 Å². The summed E-state index contributed by atoms with van der Waals surface area (Å²) in [5.74, 6) is -0.248. The zero-order valence-corrected chi connectivity index (χ0v) is 32.5. The maximum Gasteiger partial charge on any atom is 0.337 e. The number of esters is 1. The number of likely N-dealkylation sites (tertiary alicyclic amines) is 1. The molecule has 0 unspecified atom stereocenters. The Bertz CT molecular complexity index is 2050. The van der Waals surface area contributed by atoms with E-state index in [1.54, 1.807) is 24.4 Å². The van der Waals surface area contributed by atoms with Crippen LogP contribution in [0.2, 0.25) is 5.02 Å². The van der Waals surface area contributed by atoms with E-state index in [1.807, 2.05) is 38.1 Å². The highest BCUT2D eigenvalue weighted by molar-refractivity contribution is 6.32. The van der Waals surface area contributed by atoms with Crippen LogP contribution in [0, 0.1) is 25.2 Å². The summed E-state index contributed by atoms with van der Waals surface area (Å²) in [4.78, 5) is 29.7. The van der Waals surface area contributed by atoms with Crippen LogP contribution in [0.3, 0.4) is 0 Å². The van der Waals surface area contributed by atoms with Crippen LogP contribution in [0.25, 0.3) is 11.1 Å². The second-order valence-corrected chi connectivity index (χ2v) is 14.1. The Balaban J connectivity index is 1.26. The van der Waals surface area contributed by atoms with Crippen molar-refractivity contribution in [2.45, 2.75) is 64.5 Å². The molecule has 0 amide bonds. The smallest absolute Gasteiger partial charge is 0.337 e. The van der Waals surface area contributed by atoms with Crippen LogP contribution in [-0.2, 0) is 34.1 Å². The summed E-state index contributed by atoms with van der Waals surface area (Å²) in [6.45, 7) is 6.30.